The van der Waals surface area contributed by atoms with E-state index in [0.29, 0.717) is 25.1 Å². The third-order valence-electron chi connectivity index (χ3n) is 4.79. The van der Waals surface area contributed by atoms with Crippen LogP contribution in [-0.2, 0) is 30.6 Å². The number of nitrogens with two attached hydrogens (primary N) is 1. The molecule has 3 aromatic rings. The van der Waals surface area contributed by atoms with Crippen molar-refractivity contribution < 1.29 is 4.79 Å². The standard InChI is InChI=1S/C22H22N4O/c1-15(23)9-21-20(10-16-5-3-2-4-6-16)24-14-26(21)13-17-7-8-18-12-22(27)25-19(18)11-17/h2-8,11,14H,1,9-10,12-13,23H2,(H,25,27). The molecule has 27 heavy (non-hydrogen) atoms. The zero-order valence-corrected chi connectivity index (χ0v) is 15.1. The summed E-state index contributed by atoms with van der Waals surface area (Å²) in [6.07, 6.45) is 3.67. The molecule has 5 heteroatoms. The zero-order valence-electron chi connectivity index (χ0n) is 15.1. The van der Waals surface area contributed by atoms with E-state index in [-0.39, 0.29) is 5.91 Å². The van der Waals surface area contributed by atoms with Crippen LogP contribution in [0.15, 0.2) is 67.1 Å². The number of amides is 1. The second-order valence-corrected chi connectivity index (χ2v) is 6.98. The van der Waals surface area contributed by atoms with E-state index in [4.69, 9.17) is 5.73 Å². The van der Waals surface area contributed by atoms with Crippen LogP contribution in [0.4, 0.5) is 5.69 Å². The lowest BCUT2D eigenvalue weighted by Gasteiger charge is -2.11. The van der Waals surface area contributed by atoms with Crippen molar-refractivity contribution in [2.24, 2.45) is 5.73 Å². The lowest BCUT2D eigenvalue weighted by atomic mass is 10.1. The Morgan fingerprint density at radius 2 is 2.00 bits per heavy atom. The van der Waals surface area contributed by atoms with Crippen LogP contribution in [0.25, 0.3) is 0 Å². The number of hydrogen-bond acceptors (Lipinski definition) is 3. The summed E-state index contributed by atoms with van der Waals surface area (Å²) in [5, 5.41) is 2.91. The predicted octanol–water partition coefficient (Wildman–Crippen LogP) is 3.03. The van der Waals surface area contributed by atoms with Gasteiger partial charge in [0.05, 0.1) is 18.4 Å². The van der Waals surface area contributed by atoms with E-state index in [0.717, 1.165) is 34.6 Å². The Hall–Kier alpha value is -3.34. The maximum absolute atomic E-state index is 11.6. The molecule has 2 heterocycles. The average Bonchev–Trinajstić information content (AvgIpc) is 3.18. The van der Waals surface area contributed by atoms with Crippen LogP contribution in [0.3, 0.4) is 0 Å². The number of carbonyl (C=O) groups excluding carboxylic acids is 1. The van der Waals surface area contributed by atoms with Crippen LogP contribution in [0.2, 0.25) is 0 Å². The molecule has 0 saturated carbocycles. The minimum Gasteiger partial charge on any atom is -0.402 e. The second kappa shape index (κ2) is 7.11. The van der Waals surface area contributed by atoms with Gasteiger partial charge in [-0.15, -0.1) is 0 Å². The highest BCUT2D eigenvalue weighted by atomic mass is 16.1. The molecule has 5 nitrogen and oxygen atoms in total. The van der Waals surface area contributed by atoms with E-state index in [1.165, 1.54) is 5.56 Å². The highest BCUT2D eigenvalue weighted by Gasteiger charge is 2.18. The van der Waals surface area contributed by atoms with Gasteiger partial charge in [-0.2, -0.15) is 0 Å². The molecular formula is C22H22N4O. The van der Waals surface area contributed by atoms with Crippen molar-refractivity contribution in [3.8, 4) is 0 Å². The molecule has 4 rings (SSSR count). The number of benzene rings is 2. The molecule has 0 fully saturated rings. The van der Waals surface area contributed by atoms with E-state index in [9.17, 15) is 4.79 Å². The van der Waals surface area contributed by atoms with Gasteiger partial charge in [0.25, 0.3) is 0 Å². The van der Waals surface area contributed by atoms with Gasteiger partial charge in [0.2, 0.25) is 5.91 Å². The van der Waals surface area contributed by atoms with E-state index in [1.54, 1.807) is 0 Å². The maximum atomic E-state index is 11.6. The number of nitrogens with one attached hydrogen (secondary N) is 1. The van der Waals surface area contributed by atoms with Crippen molar-refractivity contribution in [3.63, 3.8) is 0 Å². The number of aromatic nitrogens is 2. The maximum Gasteiger partial charge on any atom is 0.228 e. The lowest BCUT2D eigenvalue weighted by Crippen LogP contribution is -2.10. The molecule has 0 atom stereocenters. The zero-order chi connectivity index (χ0) is 18.8. The van der Waals surface area contributed by atoms with Crippen LogP contribution >= 0.6 is 0 Å². The Balaban J connectivity index is 1.61. The second-order valence-electron chi connectivity index (χ2n) is 6.98. The van der Waals surface area contributed by atoms with Crippen LogP contribution in [0.5, 0.6) is 0 Å². The first kappa shape index (κ1) is 17.1. The summed E-state index contributed by atoms with van der Waals surface area (Å²) < 4.78 is 2.12. The van der Waals surface area contributed by atoms with Gasteiger partial charge < -0.3 is 15.6 Å². The van der Waals surface area contributed by atoms with Gasteiger partial charge in [-0.05, 0) is 22.8 Å². The smallest absolute Gasteiger partial charge is 0.228 e. The van der Waals surface area contributed by atoms with Crippen molar-refractivity contribution in [1.29, 1.82) is 0 Å². The van der Waals surface area contributed by atoms with Crippen molar-refractivity contribution in [3.05, 3.63) is 95.2 Å². The normalized spacial score (nSPS) is 12.7. The highest BCUT2D eigenvalue weighted by Crippen LogP contribution is 2.25. The van der Waals surface area contributed by atoms with Crippen LogP contribution < -0.4 is 11.1 Å². The largest absolute Gasteiger partial charge is 0.402 e. The van der Waals surface area contributed by atoms with Gasteiger partial charge in [-0.3, -0.25) is 4.79 Å². The third kappa shape index (κ3) is 3.77. The summed E-state index contributed by atoms with van der Waals surface area (Å²) in [5.41, 5.74) is 12.9. The van der Waals surface area contributed by atoms with Crippen LogP contribution in [0, 0.1) is 0 Å². The molecule has 3 N–H and O–H groups in total. The summed E-state index contributed by atoms with van der Waals surface area (Å²) in [5.74, 6) is 0.0510. The van der Waals surface area contributed by atoms with Crippen molar-refractivity contribution in [2.75, 3.05) is 5.32 Å². The number of imidazole rings is 1. The fraction of sp³-hybridized carbons (Fsp3) is 0.182. The number of fused-ring (bicyclic) bond motifs is 1. The first-order valence-corrected chi connectivity index (χ1v) is 9.00. The van der Waals surface area contributed by atoms with Gasteiger partial charge in [-0.1, -0.05) is 49.0 Å². The van der Waals surface area contributed by atoms with Gasteiger partial charge in [0, 0.05) is 36.5 Å². The Bertz CT molecular complexity index is 1000. The summed E-state index contributed by atoms with van der Waals surface area (Å²) in [6.45, 7) is 4.55. The number of carbonyl (C=O) groups is 1. The molecule has 0 spiro atoms. The van der Waals surface area contributed by atoms with Crippen molar-refractivity contribution >= 4 is 11.6 Å². The van der Waals surface area contributed by atoms with Crippen LogP contribution in [-0.4, -0.2) is 15.5 Å². The molecule has 0 saturated heterocycles. The van der Waals surface area contributed by atoms with Gasteiger partial charge in [0.15, 0.2) is 0 Å². The lowest BCUT2D eigenvalue weighted by molar-refractivity contribution is -0.115. The summed E-state index contributed by atoms with van der Waals surface area (Å²) in [7, 11) is 0. The number of anilines is 1. The third-order valence-corrected chi connectivity index (χ3v) is 4.79. The molecule has 1 aliphatic heterocycles. The van der Waals surface area contributed by atoms with E-state index < -0.39 is 0 Å². The molecule has 1 aromatic heterocycles. The topological polar surface area (TPSA) is 72.9 Å². The fourth-order valence-electron chi connectivity index (χ4n) is 3.50. The molecule has 0 aliphatic carbocycles. The molecule has 2 aromatic carbocycles. The fourth-order valence-corrected chi connectivity index (χ4v) is 3.50. The number of hydrogen-bond donors (Lipinski definition) is 2. The Morgan fingerprint density at radius 1 is 1.19 bits per heavy atom. The molecular weight excluding hydrogens is 336 g/mol. The summed E-state index contributed by atoms with van der Waals surface area (Å²) >= 11 is 0. The van der Waals surface area contributed by atoms with E-state index in [1.807, 2.05) is 36.7 Å². The molecule has 0 bridgehead atoms. The summed E-state index contributed by atoms with van der Waals surface area (Å²) in [6, 6.07) is 16.4. The van der Waals surface area contributed by atoms with Crippen LogP contribution in [0.1, 0.15) is 28.1 Å². The first-order valence-electron chi connectivity index (χ1n) is 9.00. The molecule has 0 radical (unpaired) electrons. The molecule has 1 aliphatic rings. The Labute approximate surface area is 158 Å². The molecule has 1 amide bonds. The average molecular weight is 358 g/mol. The number of nitrogens with zero attached hydrogens (tertiary/aromatic N) is 2. The SMILES string of the molecule is C=C(N)Cc1c(Cc2ccccc2)ncn1Cc1ccc2c(c1)NC(=O)C2. The van der Waals surface area contributed by atoms with E-state index >= 15 is 0 Å². The van der Waals surface area contributed by atoms with Gasteiger partial charge >= 0.3 is 0 Å². The number of allylic oxidation sites excluding steroid dienone is 1. The minimum absolute atomic E-state index is 0.0510. The molecule has 0 unspecified atom stereocenters. The van der Waals surface area contributed by atoms with Gasteiger partial charge in [0.1, 0.15) is 0 Å². The van der Waals surface area contributed by atoms with Crippen molar-refractivity contribution in [1.82, 2.24) is 9.55 Å². The Morgan fingerprint density at radius 3 is 2.78 bits per heavy atom. The highest BCUT2D eigenvalue weighted by molar-refractivity contribution is 5.99. The Kier molecular flexibility index (Phi) is 4.50. The minimum atomic E-state index is 0.0510. The summed E-state index contributed by atoms with van der Waals surface area (Å²) in [4.78, 5) is 16.2. The quantitative estimate of drug-likeness (QED) is 0.711. The van der Waals surface area contributed by atoms with Crippen molar-refractivity contribution in [2.45, 2.75) is 25.8 Å². The van der Waals surface area contributed by atoms with E-state index in [2.05, 4.69) is 39.6 Å². The molecule has 136 valence electrons. The monoisotopic (exact) mass is 358 g/mol. The predicted molar refractivity (Wildman–Crippen MR) is 106 cm³/mol. The first-order chi connectivity index (χ1) is 13.1. The van der Waals surface area contributed by atoms with Gasteiger partial charge in [-0.25, -0.2) is 4.98 Å². The number of rotatable bonds is 6.